The third kappa shape index (κ3) is 3.01. The predicted molar refractivity (Wildman–Crippen MR) is 74.2 cm³/mol. The lowest BCUT2D eigenvalue weighted by Crippen LogP contribution is -2.10. The summed E-state index contributed by atoms with van der Waals surface area (Å²) in [6, 6.07) is 3.48. The van der Waals surface area contributed by atoms with E-state index in [1.807, 2.05) is 13.8 Å². The first kappa shape index (κ1) is 14.2. The minimum Gasteiger partial charge on any atom is -0.383 e. The summed E-state index contributed by atoms with van der Waals surface area (Å²) < 4.78 is 26.4. The van der Waals surface area contributed by atoms with E-state index in [0.29, 0.717) is 17.2 Å². The van der Waals surface area contributed by atoms with E-state index < -0.39 is 11.6 Å². The summed E-state index contributed by atoms with van der Waals surface area (Å²) in [5.74, 6) is -0.0870. The monoisotopic (exact) mass is 278 g/mol. The number of halogens is 2. The van der Waals surface area contributed by atoms with Crippen molar-refractivity contribution in [3.05, 3.63) is 47.3 Å². The summed E-state index contributed by atoms with van der Waals surface area (Å²) >= 11 is 0. The van der Waals surface area contributed by atoms with E-state index in [-0.39, 0.29) is 12.5 Å². The third-order valence-corrected chi connectivity index (χ3v) is 2.95. The first-order chi connectivity index (χ1) is 9.49. The molecule has 0 atom stereocenters. The molecule has 2 aromatic rings. The topological polar surface area (TPSA) is 63.8 Å². The Morgan fingerprint density at radius 1 is 1.25 bits per heavy atom. The number of rotatable bonds is 4. The molecule has 0 spiro atoms. The van der Waals surface area contributed by atoms with Crippen molar-refractivity contribution in [3.8, 4) is 0 Å². The molecule has 0 aliphatic carbocycles. The van der Waals surface area contributed by atoms with E-state index in [4.69, 9.17) is 5.73 Å². The van der Waals surface area contributed by atoms with Crippen LogP contribution in [0.5, 0.6) is 0 Å². The highest BCUT2D eigenvalue weighted by atomic mass is 19.1. The summed E-state index contributed by atoms with van der Waals surface area (Å²) in [6.07, 6.45) is 1.35. The van der Waals surface area contributed by atoms with Gasteiger partial charge in [-0.2, -0.15) is 0 Å². The van der Waals surface area contributed by atoms with Crippen LogP contribution in [0.2, 0.25) is 0 Å². The van der Waals surface area contributed by atoms with E-state index in [1.54, 1.807) is 0 Å². The lowest BCUT2D eigenvalue weighted by Gasteiger charge is -2.15. The Hall–Kier alpha value is -2.24. The molecule has 6 heteroatoms. The maximum absolute atomic E-state index is 13.6. The third-order valence-electron chi connectivity index (χ3n) is 2.95. The number of nitrogen functional groups attached to an aromatic ring is 1. The molecular weight excluding hydrogens is 262 g/mol. The summed E-state index contributed by atoms with van der Waals surface area (Å²) in [5.41, 5.74) is 6.97. The molecule has 0 amide bonds. The maximum atomic E-state index is 13.6. The molecule has 20 heavy (non-hydrogen) atoms. The van der Waals surface area contributed by atoms with Crippen LogP contribution in [0.4, 0.5) is 20.4 Å². The van der Waals surface area contributed by atoms with Crippen molar-refractivity contribution in [1.29, 1.82) is 0 Å². The minimum atomic E-state index is -0.597. The van der Waals surface area contributed by atoms with Crippen LogP contribution in [0.3, 0.4) is 0 Å². The van der Waals surface area contributed by atoms with Gasteiger partial charge in [-0.3, -0.25) is 0 Å². The largest absolute Gasteiger partial charge is 0.383 e. The maximum Gasteiger partial charge on any atom is 0.135 e. The summed E-state index contributed by atoms with van der Waals surface area (Å²) in [5, 5.41) is 3.02. The molecule has 106 valence electrons. The molecular formula is C14H16F2N4. The molecule has 0 saturated heterocycles. The van der Waals surface area contributed by atoms with Crippen molar-refractivity contribution < 1.29 is 8.78 Å². The number of aromatic nitrogens is 2. The van der Waals surface area contributed by atoms with Crippen molar-refractivity contribution in [3.63, 3.8) is 0 Å². The summed E-state index contributed by atoms with van der Waals surface area (Å²) in [7, 11) is 0. The van der Waals surface area contributed by atoms with E-state index >= 15 is 0 Å². The van der Waals surface area contributed by atoms with Gasteiger partial charge in [0.1, 0.15) is 29.6 Å². The molecule has 1 aromatic carbocycles. The van der Waals surface area contributed by atoms with Crippen molar-refractivity contribution >= 4 is 11.6 Å². The van der Waals surface area contributed by atoms with E-state index in [1.165, 1.54) is 18.5 Å². The molecule has 0 radical (unpaired) electrons. The normalized spacial score (nSPS) is 10.8. The Morgan fingerprint density at radius 3 is 2.65 bits per heavy atom. The smallest absolute Gasteiger partial charge is 0.135 e. The van der Waals surface area contributed by atoms with Crippen LogP contribution in [0, 0.1) is 11.6 Å². The van der Waals surface area contributed by atoms with Gasteiger partial charge in [0, 0.05) is 23.7 Å². The number of hydrogen-bond acceptors (Lipinski definition) is 4. The number of nitrogens with one attached hydrogen (secondary N) is 1. The molecule has 0 aliphatic rings. The average Bonchev–Trinajstić information content (AvgIpc) is 2.37. The zero-order chi connectivity index (χ0) is 14.7. The van der Waals surface area contributed by atoms with Gasteiger partial charge in [-0.25, -0.2) is 18.7 Å². The number of hydrogen-bond donors (Lipinski definition) is 2. The van der Waals surface area contributed by atoms with Gasteiger partial charge in [0.15, 0.2) is 0 Å². The summed E-state index contributed by atoms with van der Waals surface area (Å²) in [6.45, 7) is 4.14. The molecule has 3 N–H and O–H groups in total. The number of nitrogens with two attached hydrogens (primary N) is 1. The molecule has 2 rings (SSSR count). The van der Waals surface area contributed by atoms with E-state index in [0.717, 1.165) is 11.6 Å². The second kappa shape index (κ2) is 5.81. The Balaban J connectivity index is 2.21. The lowest BCUT2D eigenvalue weighted by molar-refractivity contribution is 0.574. The van der Waals surface area contributed by atoms with Gasteiger partial charge < -0.3 is 11.1 Å². The fraction of sp³-hybridized carbons (Fsp3) is 0.286. The van der Waals surface area contributed by atoms with Crippen LogP contribution in [0.25, 0.3) is 0 Å². The predicted octanol–water partition coefficient (Wildman–Crippen LogP) is 3.07. The zero-order valence-electron chi connectivity index (χ0n) is 11.3. The molecule has 4 nitrogen and oxygen atoms in total. The second-order valence-corrected chi connectivity index (χ2v) is 4.77. The van der Waals surface area contributed by atoms with Crippen LogP contribution in [0.1, 0.15) is 30.9 Å². The van der Waals surface area contributed by atoms with Crippen molar-refractivity contribution in [1.82, 2.24) is 9.97 Å². The van der Waals surface area contributed by atoms with Gasteiger partial charge in [0.2, 0.25) is 0 Å². The van der Waals surface area contributed by atoms with Gasteiger partial charge in [0.05, 0.1) is 0 Å². The highest BCUT2D eigenvalue weighted by molar-refractivity contribution is 5.56. The van der Waals surface area contributed by atoms with Crippen LogP contribution >= 0.6 is 0 Å². The average molecular weight is 278 g/mol. The van der Waals surface area contributed by atoms with Crippen LogP contribution in [-0.2, 0) is 6.54 Å². The van der Waals surface area contributed by atoms with Crippen LogP contribution < -0.4 is 11.1 Å². The molecule has 0 aliphatic heterocycles. The number of nitrogens with zero attached hydrogens (tertiary/aromatic N) is 2. The fourth-order valence-corrected chi connectivity index (χ4v) is 1.96. The first-order valence-electron chi connectivity index (χ1n) is 6.27. The van der Waals surface area contributed by atoms with Crippen molar-refractivity contribution in [2.75, 3.05) is 11.1 Å². The minimum absolute atomic E-state index is 0.136. The second-order valence-electron chi connectivity index (χ2n) is 4.77. The Morgan fingerprint density at radius 2 is 2.00 bits per heavy atom. The Bertz CT molecular complexity index is 614. The summed E-state index contributed by atoms with van der Waals surface area (Å²) in [4.78, 5) is 8.07. The van der Waals surface area contributed by atoms with Gasteiger partial charge in [0.25, 0.3) is 0 Å². The van der Waals surface area contributed by atoms with Gasteiger partial charge in [-0.1, -0.05) is 19.9 Å². The molecule has 0 fully saturated rings. The Labute approximate surface area is 116 Å². The van der Waals surface area contributed by atoms with Crippen molar-refractivity contribution in [2.45, 2.75) is 26.3 Å². The van der Waals surface area contributed by atoms with E-state index in [2.05, 4.69) is 15.3 Å². The number of anilines is 2. The highest BCUT2D eigenvalue weighted by Crippen LogP contribution is 2.26. The molecule has 1 aromatic heterocycles. The molecule has 0 saturated carbocycles. The van der Waals surface area contributed by atoms with E-state index in [9.17, 15) is 8.78 Å². The fourth-order valence-electron chi connectivity index (χ4n) is 1.96. The zero-order valence-corrected chi connectivity index (χ0v) is 11.3. The quantitative estimate of drug-likeness (QED) is 0.902. The standard InChI is InChI=1S/C14H16F2N4/c1-8(2)12-13(17)19-7-20-14(12)18-6-9-3-4-10(15)5-11(9)16/h3-5,7-8H,6H2,1-2H3,(H3,17,18,19,20). The molecule has 0 bridgehead atoms. The lowest BCUT2D eigenvalue weighted by atomic mass is 10.0. The van der Waals surface area contributed by atoms with Gasteiger partial charge in [-0.15, -0.1) is 0 Å². The van der Waals surface area contributed by atoms with Crippen LogP contribution in [-0.4, -0.2) is 9.97 Å². The SMILES string of the molecule is CC(C)c1c(N)ncnc1NCc1ccc(F)cc1F. The van der Waals surface area contributed by atoms with Gasteiger partial charge in [-0.05, 0) is 12.0 Å². The van der Waals surface area contributed by atoms with Crippen molar-refractivity contribution in [2.24, 2.45) is 0 Å². The highest BCUT2D eigenvalue weighted by Gasteiger charge is 2.13. The van der Waals surface area contributed by atoms with Crippen LogP contribution in [0.15, 0.2) is 24.5 Å². The first-order valence-corrected chi connectivity index (χ1v) is 6.27. The molecule has 1 heterocycles. The molecule has 0 unspecified atom stereocenters. The van der Waals surface area contributed by atoms with Gasteiger partial charge >= 0.3 is 0 Å². The Kier molecular flexibility index (Phi) is 4.12. The number of benzene rings is 1.